The first-order valence-corrected chi connectivity index (χ1v) is 12.1. The largest absolute Gasteiger partial charge is 0.501 e. The summed E-state index contributed by atoms with van der Waals surface area (Å²) >= 11 is 3.35. The molecule has 1 aliphatic heterocycles. The molecule has 1 saturated heterocycles. The molecule has 2 aromatic carbocycles. The quantitative estimate of drug-likeness (QED) is 0.258. The molecule has 8 heteroatoms. The summed E-state index contributed by atoms with van der Waals surface area (Å²) in [5, 5.41) is 17.4. The van der Waals surface area contributed by atoms with E-state index < -0.39 is 0 Å². The van der Waals surface area contributed by atoms with Crippen LogP contribution >= 0.6 is 15.9 Å². The molecule has 0 radical (unpaired) electrons. The minimum atomic E-state index is -0.365. The number of ether oxygens (including phenoxy) is 4. The molecule has 1 fully saturated rings. The van der Waals surface area contributed by atoms with Gasteiger partial charge in [-0.05, 0) is 37.1 Å². The van der Waals surface area contributed by atoms with Crippen molar-refractivity contribution in [3.05, 3.63) is 94.1 Å². The Morgan fingerprint density at radius 3 is 2.31 bits per heavy atom. The number of halogens is 1. The van der Waals surface area contributed by atoms with Crippen LogP contribution in [0.3, 0.4) is 0 Å². The van der Waals surface area contributed by atoms with Crippen LogP contribution in [0.2, 0.25) is 0 Å². The molecule has 7 nitrogen and oxygen atoms in total. The number of benzene rings is 2. The van der Waals surface area contributed by atoms with Crippen molar-refractivity contribution >= 4 is 33.0 Å². The summed E-state index contributed by atoms with van der Waals surface area (Å²) in [6, 6.07) is 19.8. The number of carbonyl (C=O) groups excluding carboxylic acids is 1. The van der Waals surface area contributed by atoms with E-state index in [9.17, 15) is 4.79 Å². The molecule has 36 heavy (non-hydrogen) atoms. The number of nitriles is 2. The Balaban J connectivity index is 0.000000201. The molecule has 2 aromatic rings. The van der Waals surface area contributed by atoms with Gasteiger partial charge in [-0.25, -0.2) is 4.79 Å². The average Bonchev–Trinajstić information content (AvgIpc) is 3.55. The highest BCUT2D eigenvalue weighted by Gasteiger charge is 2.24. The topological polar surface area (TPSA) is 102 Å². The smallest absolute Gasteiger partial charge is 0.333 e. The van der Waals surface area contributed by atoms with Crippen molar-refractivity contribution in [1.29, 1.82) is 10.5 Å². The summed E-state index contributed by atoms with van der Waals surface area (Å²) in [5.41, 5.74) is 4.55. The van der Waals surface area contributed by atoms with E-state index in [-0.39, 0.29) is 5.97 Å². The third-order valence-corrected chi connectivity index (χ3v) is 5.44. The van der Waals surface area contributed by atoms with Crippen LogP contribution in [-0.2, 0) is 30.2 Å². The zero-order chi connectivity index (χ0) is 26.2. The van der Waals surface area contributed by atoms with Gasteiger partial charge in [0.25, 0.3) is 5.95 Å². The lowest BCUT2D eigenvalue weighted by Crippen LogP contribution is -1.99. The second-order valence-corrected chi connectivity index (χ2v) is 7.90. The summed E-state index contributed by atoms with van der Waals surface area (Å²) in [4.78, 5) is 10.5. The molecule has 0 bridgehead atoms. The lowest BCUT2D eigenvalue weighted by Gasteiger charge is -2.03. The number of fused-ring (bicyclic) bond motifs is 1. The molecule has 0 spiro atoms. The summed E-state index contributed by atoms with van der Waals surface area (Å²) in [6.45, 7) is 5.72. The minimum Gasteiger partial charge on any atom is -0.501 e. The van der Waals surface area contributed by atoms with E-state index in [1.165, 1.54) is 12.3 Å². The molecule has 0 atom stereocenters. The molecule has 186 valence electrons. The fourth-order valence-corrected chi connectivity index (χ4v) is 3.52. The highest BCUT2D eigenvalue weighted by atomic mass is 79.9. The standard InChI is InChI=1S/C13H9NO2.C8H6BrN.C7H12O3/c14-8-9-7-12(13-15-5-6-16-13)11-4-2-1-3-10(9)11;9-8-4-2-1-3-7(8)5-6-10;1-3-9-6-5-7(8)10-4-2/h1-4,7H,5-6H2;1-4H,5H2;5-6H,3-4H2,1-2H3/b;;6-5+. The molecule has 0 N–H and O–H groups in total. The Morgan fingerprint density at radius 1 is 1.03 bits per heavy atom. The lowest BCUT2D eigenvalue weighted by atomic mass is 10.1. The van der Waals surface area contributed by atoms with Crippen LogP contribution in [0.1, 0.15) is 30.5 Å². The third-order valence-electron chi connectivity index (χ3n) is 4.67. The number of carbonyl (C=O) groups is 1. The van der Waals surface area contributed by atoms with Crippen molar-refractivity contribution in [2.24, 2.45) is 0 Å². The highest BCUT2D eigenvalue weighted by molar-refractivity contribution is 9.10. The van der Waals surface area contributed by atoms with Gasteiger partial charge in [0.1, 0.15) is 13.2 Å². The van der Waals surface area contributed by atoms with Crippen molar-refractivity contribution in [2.45, 2.75) is 20.3 Å². The molecule has 0 unspecified atom stereocenters. The molecular weight excluding hydrogens is 524 g/mol. The fraction of sp³-hybridized carbons (Fsp3) is 0.250. The van der Waals surface area contributed by atoms with Crippen molar-refractivity contribution in [3.63, 3.8) is 0 Å². The number of allylic oxidation sites excluding steroid dienone is 3. The Labute approximate surface area is 220 Å². The zero-order valence-corrected chi connectivity index (χ0v) is 21.8. The van der Waals surface area contributed by atoms with Crippen molar-refractivity contribution in [3.8, 4) is 12.1 Å². The molecule has 0 saturated carbocycles. The number of nitrogens with zero attached hydrogens (tertiary/aromatic N) is 2. The van der Waals surface area contributed by atoms with E-state index in [2.05, 4.69) is 32.8 Å². The maximum absolute atomic E-state index is 10.5. The Morgan fingerprint density at radius 2 is 1.69 bits per heavy atom. The molecule has 1 heterocycles. The molecule has 0 amide bonds. The van der Waals surface area contributed by atoms with Crippen LogP contribution in [0, 0.1) is 22.7 Å². The van der Waals surface area contributed by atoms with Gasteiger partial charge in [-0.1, -0.05) is 58.4 Å². The second kappa shape index (κ2) is 15.8. The number of hydrogen-bond donors (Lipinski definition) is 0. The van der Waals surface area contributed by atoms with Gasteiger partial charge in [0.2, 0.25) is 0 Å². The zero-order valence-electron chi connectivity index (χ0n) is 20.2. The molecule has 1 aliphatic carbocycles. The maximum Gasteiger partial charge on any atom is 0.333 e. The van der Waals surface area contributed by atoms with Gasteiger partial charge < -0.3 is 18.9 Å². The van der Waals surface area contributed by atoms with E-state index in [0.29, 0.717) is 44.4 Å². The van der Waals surface area contributed by atoms with Crippen LogP contribution < -0.4 is 0 Å². The van der Waals surface area contributed by atoms with Crippen LogP contribution in [0.5, 0.6) is 0 Å². The Hall–Kier alpha value is -4.01. The predicted molar refractivity (Wildman–Crippen MR) is 140 cm³/mol. The number of esters is 1. The Kier molecular flexibility index (Phi) is 12.4. The van der Waals surface area contributed by atoms with E-state index in [4.69, 9.17) is 24.7 Å². The lowest BCUT2D eigenvalue weighted by molar-refractivity contribution is -0.137. The van der Waals surface area contributed by atoms with Crippen LogP contribution in [-0.4, -0.2) is 32.4 Å². The van der Waals surface area contributed by atoms with Crippen LogP contribution in [0.4, 0.5) is 0 Å². The van der Waals surface area contributed by atoms with E-state index in [1.54, 1.807) is 6.92 Å². The predicted octanol–water partition coefficient (Wildman–Crippen LogP) is 5.94. The molecule has 0 aromatic heterocycles. The monoisotopic (exact) mass is 550 g/mol. The van der Waals surface area contributed by atoms with Gasteiger partial charge in [0.15, 0.2) is 0 Å². The van der Waals surface area contributed by atoms with Gasteiger partial charge in [0.05, 0.1) is 55.3 Å². The summed E-state index contributed by atoms with van der Waals surface area (Å²) in [7, 11) is 0. The van der Waals surface area contributed by atoms with Crippen molar-refractivity contribution < 1.29 is 23.7 Å². The number of rotatable bonds is 5. The minimum absolute atomic E-state index is 0.365. The van der Waals surface area contributed by atoms with Crippen LogP contribution in [0.25, 0.3) is 11.1 Å². The van der Waals surface area contributed by atoms with E-state index in [0.717, 1.165) is 26.7 Å². The highest BCUT2D eigenvalue weighted by Crippen LogP contribution is 2.37. The molecule has 2 aliphatic rings. The molecular formula is C28H27BrN2O5. The van der Waals surface area contributed by atoms with E-state index in [1.807, 2.05) is 61.5 Å². The summed E-state index contributed by atoms with van der Waals surface area (Å²) in [6.07, 6.45) is 4.89. The van der Waals surface area contributed by atoms with Gasteiger partial charge >= 0.3 is 5.97 Å². The molecule has 4 rings (SSSR count). The summed E-state index contributed by atoms with van der Waals surface area (Å²) in [5.74, 6) is 0.175. The SMILES string of the molecule is CCO/C=C/C(=O)OCC.N#CC1=CC(=C2OCCO2)c2ccccc21.N#CCc1ccccc1Br. The average molecular weight is 551 g/mol. The maximum atomic E-state index is 10.5. The van der Waals surface area contributed by atoms with Crippen molar-refractivity contribution in [1.82, 2.24) is 0 Å². The first kappa shape index (κ1) is 28.2. The van der Waals surface area contributed by atoms with Crippen molar-refractivity contribution in [2.75, 3.05) is 26.4 Å². The number of hydrogen-bond acceptors (Lipinski definition) is 7. The van der Waals surface area contributed by atoms with Gasteiger partial charge in [-0.15, -0.1) is 0 Å². The van der Waals surface area contributed by atoms with E-state index >= 15 is 0 Å². The summed E-state index contributed by atoms with van der Waals surface area (Å²) < 4.78 is 21.1. The first-order chi connectivity index (χ1) is 17.5. The van der Waals surface area contributed by atoms with Crippen LogP contribution in [0.15, 0.2) is 77.4 Å². The normalized spacial score (nSPS) is 12.9. The second-order valence-electron chi connectivity index (χ2n) is 7.05. The van der Waals surface area contributed by atoms with Gasteiger partial charge in [-0.2, -0.15) is 10.5 Å². The van der Waals surface area contributed by atoms with Gasteiger partial charge in [-0.3, -0.25) is 0 Å². The third kappa shape index (κ3) is 8.65. The van der Waals surface area contributed by atoms with Gasteiger partial charge in [0, 0.05) is 10.0 Å². The Bertz CT molecular complexity index is 1200. The fourth-order valence-electron chi connectivity index (χ4n) is 3.10. The first-order valence-electron chi connectivity index (χ1n) is 11.3.